The largest absolute Gasteiger partial charge is 0.465 e. The van der Waals surface area contributed by atoms with E-state index in [0.29, 0.717) is 30.7 Å². The fraction of sp³-hybridized carbons (Fsp3) is 0.0526. The second kappa shape index (κ2) is 9.73. The van der Waals surface area contributed by atoms with Gasteiger partial charge in [-0.05, 0) is 36.0 Å². The number of benzene rings is 1. The molecule has 0 aliphatic heterocycles. The van der Waals surface area contributed by atoms with Gasteiger partial charge in [0.2, 0.25) is 0 Å². The molecular weight excluding hydrogens is 456 g/mol. The zero-order chi connectivity index (χ0) is 21.6. The molecule has 0 spiro atoms. The number of nitrogens with zero attached hydrogens (tertiary/aromatic N) is 4. The van der Waals surface area contributed by atoms with Gasteiger partial charge in [0.25, 0.3) is 5.91 Å². The molecule has 31 heavy (non-hydrogen) atoms. The molecule has 0 bridgehead atoms. The number of methoxy groups -OCH3 is 1. The number of aromatic nitrogens is 5. The van der Waals surface area contributed by atoms with Crippen molar-refractivity contribution in [3.63, 3.8) is 0 Å². The third-order valence-corrected chi connectivity index (χ3v) is 6.45. The SMILES string of the molecule is COC(=O)c1ccccc1Sc1ccc(Sc2ncn[nH]2)nc1C(=O)Nc1nccs1. The number of H-pyrrole nitrogens is 1. The summed E-state index contributed by atoms with van der Waals surface area (Å²) in [6.07, 6.45) is 3.00. The molecule has 4 rings (SSSR count). The maximum Gasteiger partial charge on any atom is 0.339 e. The Bertz CT molecular complexity index is 1200. The van der Waals surface area contributed by atoms with Crippen LogP contribution in [0.4, 0.5) is 5.13 Å². The molecule has 0 aliphatic carbocycles. The Morgan fingerprint density at radius 1 is 1.10 bits per heavy atom. The number of carbonyl (C=O) groups excluding carboxylic acids is 2. The molecule has 1 aromatic carbocycles. The van der Waals surface area contributed by atoms with E-state index < -0.39 is 11.9 Å². The number of nitrogens with one attached hydrogen (secondary N) is 2. The van der Waals surface area contributed by atoms with Crippen LogP contribution in [0.2, 0.25) is 0 Å². The molecule has 0 saturated carbocycles. The third-order valence-electron chi connectivity index (χ3n) is 3.81. The van der Waals surface area contributed by atoms with Gasteiger partial charge in [0, 0.05) is 21.4 Å². The predicted octanol–water partition coefficient (Wildman–Crippen LogP) is 4.00. The van der Waals surface area contributed by atoms with Crippen LogP contribution in [0.25, 0.3) is 0 Å². The first kappa shape index (κ1) is 21.0. The molecule has 4 aromatic rings. The fourth-order valence-electron chi connectivity index (χ4n) is 2.47. The van der Waals surface area contributed by atoms with Crippen molar-refractivity contribution in [3.05, 3.63) is 65.6 Å². The third kappa shape index (κ3) is 5.10. The number of aromatic amines is 1. The van der Waals surface area contributed by atoms with E-state index in [1.165, 1.54) is 48.3 Å². The summed E-state index contributed by atoms with van der Waals surface area (Å²) >= 11 is 3.81. The molecule has 3 aromatic heterocycles. The van der Waals surface area contributed by atoms with Crippen molar-refractivity contribution in [2.45, 2.75) is 20.0 Å². The zero-order valence-electron chi connectivity index (χ0n) is 15.9. The Balaban J connectivity index is 1.69. The smallest absolute Gasteiger partial charge is 0.339 e. The number of carbonyl (C=O) groups is 2. The highest BCUT2D eigenvalue weighted by Crippen LogP contribution is 2.35. The lowest BCUT2D eigenvalue weighted by Crippen LogP contribution is -2.15. The highest BCUT2D eigenvalue weighted by atomic mass is 32.2. The molecule has 0 atom stereocenters. The molecular formula is C19H14N6O3S3. The summed E-state index contributed by atoms with van der Waals surface area (Å²) in [7, 11) is 1.33. The Labute approximate surface area is 189 Å². The molecule has 3 heterocycles. The quantitative estimate of drug-likeness (QED) is 0.386. The van der Waals surface area contributed by atoms with Crippen molar-refractivity contribution in [3.8, 4) is 0 Å². The number of rotatable bonds is 7. The van der Waals surface area contributed by atoms with Crippen molar-refractivity contribution in [2.75, 3.05) is 12.4 Å². The second-order valence-electron chi connectivity index (χ2n) is 5.77. The van der Waals surface area contributed by atoms with Crippen molar-refractivity contribution in [1.29, 1.82) is 0 Å². The van der Waals surface area contributed by atoms with Gasteiger partial charge in [0.15, 0.2) is 10.3 Å². The zero-order valence-corrected chi connectivity index (χ0v) is 18.4. The maximum absolute atomic E-state index is 13.0. The number of hydrogen-bond donors (Lipinski definition) is 2. The van der Waals surface area contributed by atoms with Gasteiger partial charge < -0.3 is 4.74 Å². The van der Waals surface area contributed by atoms with E-state index >= 15 is 0 Å². The van der Waals surface area contributed by atoms with E-state index in [9.17, 15) is 9.59 Å². The van der Waals surface area contributed by atoms with E-state index in [0.717, 1.165) is 0 Å². The second-order valence-corrected chi connectivity index (χ2v) is 8.76. The van der Waals surface area contributed by atoms with E-state index in [-0.39, 0.29) is 5.69 Å². The van der Waals surface area contributed by atoms with Gasteiger partial charge in [-0.1, -0.05) is 23.9 Å². The Morgan fingerprint density at radius 2 is 1.97 bits per heavy atom. The van der Waals surface area contributed by atoms with Crippen molar-refractivity contribution >= 4 is 51.9 Å². The van der Waals surface area contributed by atoms with Crippen LogP contribution in [0.1, 0.15) is 20.8 Å². The van der Waals surface area contributed by atoms with Gasteiger partial charge in [0.1, 0.15) is 17.0 Å². The summed E-state index contributed by atoms with van der Waals surface area (Å²) < 4.78 is 4.87. The average molecular weight is 471 g/mol. The monoisotopic (exact) mass is 470 g/mol. The fourth-order valence-corrected chi connectivity index (χ4v) is 4.68. The summed E-state index contributed by atoms with van der Waals surface area (Å²) in [6.45, 7) is 0. The lowest BCUT2D eigenvalue weighted by atomic mass is 10.2. The van der Waals surface area contributed by atoms with Crippen LogP contribution in [0.15, 0.2) is 74.3 Å². The highest BCUT2D eigenvalue weighted by molar-refractivity contribution is 7.99. The molecule has 12 heteroatoms. The number of thiazole rings is 1. The lowest BCUT2D eigenvalue weighted by Gasteiger charge is -2.11. The first-order valence-electron chi connectivity index (χ1n) is 8.74. The first-order chi connectivity index (χ1) is 15.1. The lowest BCUT2D eigenvalue weighted by molar-refractivity contribution is 0.0596. The minimum absolute atomic E-state index is 0.199. The molecule has 1 amide bonds. The summed E-state index contributed by atoms with van der Waals surface area (Å²) in [5.74, 6) is -0.865. The van der Waals surface area contributed by atoms with Crippen molar-refractivity contribution in [2.24, 2.45) is 0 Å². The van der Waals surface area contributed by atoms with Crippen LogP contribution in [0.3, 0.4) is 0 Å². The number of anilines is 1. The van der Waals surface area contributed by atoms with Crippen LogP contribution in [-0.2, 0) is 4.74 Å². The molecule has 0 aliphatic rings. The van der Waals surface area contributed by atoms with Gasteiger partial charge >= 0.3 is 5.97 Å². The topological polar surface area (TPSA) is 123 Å². The van der Waals surface area contributed by atoms with E-state index in [2.05, 4.69) is 30.5 Å². The number of amides is 1. The van der Waals surface area contributed by atoms with Gasteiger partial charge in [-0.3, -0.25) is 15.2 Å². The Kier molecular flexibility index (Phi) is 6.60. The standard InChI is InChI=1S/C19H14N6O3S3/c1-28-17(27)11-4-2-3-5-12(11)30-13-6-7-14(31-19-21-10-22-25-19)23-15(13)16(26)24-18-20-8-9-29-18/h2-10H,1H3,(H,20,24,26)(H,21,22,25). The highest BCUT2D eigenvalue weighted by Gasteiger charge is 2.20. The first-order valence-corrected chi connectivity index (χ1v) is 11.3. The average Bonchev–Trinajstić information content (AvgIpc) is 3.49. The van der Waals surface area contributed by atoms with Gasteiger partial charge in [-0.25, -0.2) is 19.7 Å². The summed E-state index contributed by atoms with van der Waals surface area (Å²) in [4.78, 5) is 39.0. The molecule has 156 valence electrons. The molecule has 9 nitrogen and oxygen atoms in total. The molecule has 0 fully saturated rings. The molecule has 2 N–H and O–H groups in total. The molecule has 0 unspecified atom stereocenters. The van der Waals surface area contributed by atoms with Crippen molar-refractivity contribution < 1.29 is 14.3 Å². The molecule has 0 radical (unpaired) electrons. The van der Waals surface area contributed by atoms with Crippen LogP contribution in [0, 0.1) is 0 Å². The normalized spacial score (nSPS) is 10.6. The Morgan fingerprint density at radius 3 is 2.71 bits per heavy atom. The minimum Gasteiger partial charge on any atom is -0.465 e. The number of ether oxygens (including phenoxy) is 1. The summed E-state index contributed by atoms with van der Waals surface area (Å²) in [6, 6.07) is 10.6. The van der Waals surface area contributed by atoms with Crippen molar-refractivity contribution in [1.82, 2.24) is 25.1 Å². The van der Waals surface area contributed by atoms with Crippen LogP contribution < -0.4 is 5.32 Å². The minimum atomic E-state index is -0.456. The number of pyridine rings is 1. The molecule has 0 saturated heterocycles. The summed E-state index contributed by atoms with van der Waals surface area (Å²) in [5, 5.41) is 12.7. The van der Waals surface area contributed by atoms with Gasteiger partial charge in [-0.15, -0.1) is 11.3 Å². The number of hydrogen-bond acceptors (Lipinski definition) is 10. The number of esters is 1. The van der Waals surface area contributed by atoms with E-state index in [4.69, 9.17) is 4.74 Å². The van der Waals surface area contributed by atoms with Crippen LogP contribution in [-0.4, -0.2) is 44.1 Å². The summed E-state index contributed by atoms with van der Waals surface area (Å²) in [5.41, 5.74) is 0.603. The van der Waals surface area contributed by atoms with E-state index in [1.54, 1.807) is 41.9 Å². The van der Waals surface area contributed by atoms with Gasteiger partial charge in [-0.2, -0.15) is 5.10 Å². The maximum atomic E-state index is 13.0. The predicted molar refractivity (Wildman–Crippen MR) is 117 cm³/mol. The van der Waals surface area contributed by atoms with Crippen LogP contribution in [0.5, 0.6) is 0 Å². The van der Waals surface area contributed by atoms with Gasteiger partial charge in [0.05, 0.1) is 12.7 Å². The van der Waals surface area contributed by atoms with Crippen LogP contribution >= 0.6 is 34.9 Å². The Hall–Kier alpha value is -3.22. The van der Waals surface area contributed by atoms with E-state index in [1.807, 2.05) is 6.07 Å².